The molecule has 0 unspecified atom stereocenters. The Kier molecular flexibility index (Phi) is 4.72. The zero-order chi connectivity index (χ0) is 19.8. The molecular weight excluding hydrogens is 365 g/mol. The Labute approximate surface area is 170 Å². The van der Waals surface area contributed by atoms with Crippen molar-refractivity contribution in [2.24, 2.45) is 11.8 Å². The Morgan fingerprint density at radius 3 is 2.69 bits per heavy atom. The van der Waals surface area contributed by atoms with Crippen LogP contribution < -0.4 is 0 Å². The molecule has 0 bridgehead atoms. The van der Waals surface area contributed by atoms with Gasteiger partial charge in [0.05, 0.1) is 17.5 Å². The van der Waals surface area contributed by atoms with Crippen molar-refractivity contribution in [3.8, 4) is 11.3 Å². The van der Waals surface area contributed by atoms with Gasteiger partial charge >= 0.3 is 0 Å². The Morgan fingerprint density at radius 1 is 1.10 bits per heavy atom. The summed E-state index contributed by atoms with van der Waals surface area (Å²) in [7, 11) is 0. The maximum Gasteiger partial charge on any atom is 0.123 e. The molecule has 5 rings (SSSR count). The van der Waals surface area contributed by atoms with Crippen molar-refractivity contribution in [3.05, 3.63) is 77.7 Å². The van der Waals surface area contributed by atoms with Crippen LogP contribution in [0.15, 0.2) is 60.8 Å². The number of benzene rings is 2. The fraction of sp³-hybridized carbons (Fsp3) is 0.375. The number of rotatable bonds is 4. The first-order chi connectivity index (χ1) is 14.1. The van der Waals surface area contributed by atoms with Gasteiger partial charge in [0.25, 0.3) is 0 Å². The van der Waals surface area contributed by atoms with Crippen LogP contribution in [0.2, 0.25) is 0 Å². The smallest absolute Gasteiger partial charge is 0.123 e. The Balaban J connectivity index is 1.36. The molecule has 1 saturated heterocycles. The second-order valence-electron chi connectivity index (χ2n) is 8.52. The molecule has 2 aromatic carbocycles. The molecule has 29 heavy (non-hydrogen) atoms. The van der Waals surface area contributed by atoms with Crippen molar-refractivity contribution in [1.82, 2.24) is 15.1 Å². The van der Waals surface area contributed by atoms with Crippen LogP contribution in [0.3, 0.4) is 0 Å². The average Bonchev–Trinajstić information content (AvgIpc) is 3.37. The van der Waals surface area contributed by atoms with Gasteiger partial charge in [0.1, 0.15) is 5.82 Å². The van der Waals surface area contributed by atoms with Gasteiger partial charge in [-0.2, -0.15) is 5.10 Å². The van der Waals surface area contributed by atoms with Gasteiger partial charge in [0.15, 0.2) is 0 Å². The van der Waals surface area contributed by atoms with Crippen LogP contribution in [0.1, 0.15) is 30.4 Å². The molecule has 3 atom stereocenters. The Hall–Kier alpha value is -2.50. The number of aromatic nitrogens is 2. The molecule has 2 N–H and O–H groups in total. The minimum absolute atomic E-state index is 0.237. The van der Waals surface area contributed by atoms with Crippen LogP contribution in [-0.4, -0.2) is 33.3 Å². The summed E-state index contributed by atoms with van der Waals surface area (Å²) in [4.78, 5) is 2.44. The molecular formula is C24H26FN3O. The first kappa shape index (κ1) is 18.5. The third kappa shape index (κ3) is 3.38. The fourth-order valence-corrected chi connectivity index (χ4v) is 5.37. The van der Waals surface area contributed by atoms with E-state index < -0.39 is 5.60 Å². The van der Waals surface area contributed by atoms with Crippen molar-refractivity contribution in [2.45, 2.75) is 31.4 Å². The molecule has 0 spiro atoms. The summed E-state index contributed by atoms with van der Waals surface area (Å²) < 4.78 is 13.3. The summed E-state index contributed by atoms with van der Waals surface area (Å²) in [6.07, 6.45) is 4.93. The molecule has 1 aliphatic heterocycles. The number of nitrogens with one attached hydrogen (secondary N) is 1. The summed E-state index contributed by atoms with van der Waals surface area (Å²) >= 11 is 0. The molecule has 3 aromatic rings. The molecule has 150 valence electrons. The highest BCUT2D eigenvalue weighted by atomic mass is 19.1. The van der Waals surface area contributed by atoms with Gasteiger partial charge < -0.3 is 5.11 Å². The Bertz CT molecular complexity index is 971. The lowest BCUT2D eigenvalue weighted by Gasteiger charge is -2.41. The summed E-state index contributed by atoms with van der Waals surface area (Å²) in [6.45, 7) is 2.65. The normalized spacial score (nSPS) is 27.1. The lowest BCUT2D eigenvalue weighted by molar-refractivity contribution is -0.0648. The molecule has 4 nitrogen and oxygen atoms in total. The van der Waals surface area contributed by atoms with Gasteiger partial charge in [-0.25, -0.2) is 4.39 Å². The molecule has 1 saturated carbocycles. The number of halogens is 1. The van der Waals surface area contributed by atoms with E-state index in [9.17, 15) is 9.50 Å². The van der Waals surface area contributed by atoms with Crippen molar-refractivity contribution in [3.63, 3.8) is 0 Å². The summed E-state index contributed by atoms with van der Waals surface area (Å²) in [5.74, 6) is 0.522. The third-order valence-corrected chi connectivity index (χ3v) is 6.78. The Morgan fingerprint density at radius 2 is 1.90 bits per heavy atom. The van der Waals surface area contributed by atoms with E-state index in [2.05, 4.69) is 27.2 Å². The minimum Gasteiger partial charge on any atom is -0.385 e. The predicted molar refractivity (Wildman–Crippen MR) is 110 cm³/mol. The minimum atomic E-state index is -0.741. The van der Waals surface area contributed by atoms with Crippen LogP contribution in [0.4, 0.5) is 4.39 Å². The van der Waals surface area contributed by atoms with E-state index in [-0.39, 0.29) is 11.7 Å². The first-order valence-electron chi connectivity index (χ1n) is 10.4. The van der Waals surface area contributed by atoms with Crippen molar-refractivity contribution in [1.29, 1.82) is 0 Å². The van der Waals surface area contributed by atoms with E-state index in [1.54, 1.807) is 12.1 Å². The van der Waals surface area contributed by atoms with E-state index in [1.807, 2.05) is 24.4 Å². The highest BCUT2D eigenvalue weighted by Gasteiger charge is 2.49. The van der Waals surface area contributed by atoms with Gasteiger partial charge in [0.2, 0.25) is 0 Å². The highest BCUT2D eigenvalue weighted by molar-refractivity contribution is 5.62. The van der Waals surface area contributed by atoms with E-state index >= 15 is 0 Å². The van der Waals surface area contributed by atoms with Crippen LogP contribution in [0.5, 0.6) is 0 Å². The first-order valence-corrected chi connectivity index (χ1v) is 10.4. The van der Waals surface area contributed by atoms with Crippen molar-refractivity contribution >= 4 is 0 Å². The summed E-state index contributed by atoms with van der Waals surface area (Å²) in [5.41, 5.74) is 3.30. The van der Waals surface area contributed by atoms with Gasteiger partial charge in [-0.15, -0.1) is 0 Å². The maximum atomic E-state index is 13.3. The second kappa shape index (κ2) is 7.39. The molecule has 1 aromatic heterocycles. The third-order valence-electron chi connectivity index (χ3n) is 6.78. The zero-order valence-corrected chi connectivity index (χ0v) is 16.4. The SMILES string of the molecule is O[C@]1(c2ccccc2)CCC[C@@H]2CN(Cc3cn[nH]c3-c3ccc(F)cc3)C[C@@H]21. The number of fused-ring (bicyclic) bond motifs is 1. The van der Waals surface area contributed by atoms with E-state index in [0.29, 0.717) is 5.92 Å². The van der Waals surface area contributed by atoms with Gasteiger partial charge in [0, 0.05) is 36.7 Å². The average molecular weight is 391 g/mol. The number of hydrogen-bond donors (Lipinski definition) is 2. The number of nitrogens with zero attached hydrogens (tertiary/aromatic N) is 2. The molecule has 2 heterocycles. The maximum absolute atomic E-state index is 13.3. The molecule has 0 radical (unpaired) electrons. The summed E-state index contributed by atoms with van der Waals surface area (Å²) in [5, 5.41) is 18.9. The van der Waals surface area contributed by atoms with Crippen molar-refractivity contribution < 1.29 is 9.50 Å². The van der Waals surface area contributed by atoms with Crippen molar-refractivity contribution in [2.75, 3.05) is 13.1 Å². The number of likely N-dealkylation sites (tertiary alicyclic amines) is 1. The number of H-pyrrole nitrogens is 1. The van der Waals surface area contributed by atoms with Crippen LogP contribution in [0.25, 0.3) is 11.3 Å². The highest BCUT2D eigenvalue weighted by Crippen LogP contribution is 2.48. The molecule has 2 aliphatic rings. The zero-order valence-electron chi connectivity index (χ0n) is 16.4. The standard InChI is InChI=1S/C24H26FN3O/c25-21-10-8-17(9-11-21)23-19(13-26-27-23)15-28-14-18-5-4-12-24(29,22(18)16-28)20-6-2-1-3-7-20/h1-3,6-11,13,18,22,29H,4-5,12,14-16H2,(H,26,27)/t18-,22+,24+/m1/s1. The largest absolute Gasteiger partial charge is 0.385 e. The molecule has 1 aliphatic carbocycles. The van der Waals surface area contributed by atoms with Gasteiger partial charge in [-0.1, -0.05) is 30.3 Å². The predicted octanol–water partition coefficient (Wildman–Crippen LogP) is 4.34. The number of aliphatic hydroxyl groups is 1. The fourth-order valence-electron chi connectivity index (χ4n) is 5.37. The van der Waals surface area contributed by atoms with Crippen LogP contribution >= 0.6 is 0 Å². The lowest BCUT2D eigenvalue weighted by atomic mass is 9.67. The van der Waals surface area contributed by atoms with E-state index in [0.717, 1.165) is 54.9 Å². The molecule has 5 heteroatoms. The molecule has 0 amide bonds. The van der Waals surface area contributed by atoms with Crippen LogP contribution in [0, 0.1) is 17.7 Å². The lowest BCUT2D eigenvalue weighted by Crippen LogP contribution is -2.42. The monoisotopic (exact) mass is 391 g/mol. The summed E-state index contributed by atoms with van der Waals surface area (Å²) in [6, 6.07) is 16.7. The van der Waals surface area contributed by atoms with Crippen LogP contribution in [-0.2, 0) is 12.1 Å². The van der Waals surface area contributed by atoms with E-state index in [1.165, 1.54) is 18.6 Å². The van der Waals surface area contributed by atoms with Gasteiger partial charge in [-0.05, 0) is 55.0 Å². The molecule has 2 fully saturated rings. The quantitative estimate of drug-likeness (QED) is 0.696. The number of aromatic amines is 1. The number of hydrogen-bond acceptors (Lipinski definition) is 3. The topological polar surface area (TPSA) is 52.1 Å². The van der Waals surface area contributed by atoms with E-state index in [4.69, 9.17) is 0 Å². The second-order valence-corrected chi connectivity index (χ2v) is 8.52. The van der Waals surface area contributed by atoms with Gasteiger partial charge in [-0.3, -0.25) is 10.00 Å².